The van der Waals surface area contributed by atoms with Gasteiger partial charge in [-0.15, -0.1) is 0 Å². The minimum Gasteiger partial charge on any atom is -0.314 e. The monoisotopic (exact) mass is 267 g/mol. The van der Waals surface area contributed by atoms with E-state index in [-0.39, 0.29) is 0 Å². The number of hydrogen-bond acceptors (Lipinski definition) is 1. The Kier molecular flexibility index (Phi) is 5.32. The summed E-state index contributed by atoms with van der Waals surface area (Å²) in [6, 6.07) is 4.50. The Morgan fingerprint density at radius 3 is 2.74 bits per heavy atom. The summed E-state index contributed by atoms with van der Waals surface area (Å²) < 4.78 is 26.6. The molecule has 1 aromatic rings. The zero-order valence-corrected chi connectivity index (χ0v) is 11.6. The maximum Gasteiger partial charge on any atom is 0.129 e. The Balaban J connectivity index is 2.00. The van der Waals surface area contributed by atoms with Crippen molar-refractivity contribution in [2.24, 2.45) is 5.92 Å². The van der Waals surface area contributed by atoms with Gasteiger partial charge in [-0.25, -0.2) is 8.78 Å². The largest absolute Gasteiger partial charge is 0.314 e. The molecule has 0 radical (unpaired) electrons. The molecule has 1 nitrogen and oxygen atoms in total. The first kappa shape index (κ1) is 14.4. The molecule has 3 heteroatoms. The van der Waals surface area contributed by atoms with E-state index in [2.05, 4.69) is 12.2 Å². The molecule has 106 valence electrons. The fourth-order valence-electron chi connectivity index (χ4n) is 3.12. The molecule has 1 aromatic carbocycles. The third kappa shape index (κ3) is 4.27. The van der Waals surface area contributed by atoms with E-state index in [1.165, 1.54) is 25.3 Å². The van der Waals surface area contributed by atoms with E-state index >= 15 is 0 Å². The maximum atomic E-state index is 13.7. The molecule has 2 rings (SSSR count). The smallest absolute Gasteiger partial charge is 0.129 e. The van der Waals surface area contributed by atoms with E-state index in [0.717, 1.165) is 31.9 Å². The number of hydrogen-bond donors (Lipinski definition) is 1. The van der Waals surface area contributed by atoms with Gasteiger partial charge in [0.05, 0.1) is 0 Å². The second-order valence-electron chi connectivity index (χ2n) is 5.58. The van der Waals surface area contributed by atoms with Crippen molar-refractivity contribution < 1.29 is 8.78 Å². The second-order valence-corrected chi connectivity index (χ2v) is 5.58. The molecule has 2 unspecified atom stereocenters. The second kappa shape index (κ2) is 6.99. The lowest BCUT2D eigenvalue weighted by molar-refractivity contribution is 0.385. The summed E-state index contributed by atoms with van der Waals surface area (Å²) in [5, 5.41) is 3.51. The van der Waals surface area contributed by atoms with Gasteiger partial charge in [0, 0.05) is 12.1 Å². The fourth-order valence-corrected chi connectivity index (χ4v) is 3.12. The minimum absolute atomic E-state index is 0.399. The molecule has 1 aliphatic carbocycles. The van der Waals surface area contributed by atoms with E-state index in [1.807, 2.05) is 0 Å². The summed E-state index contributed by atoms with van der Waals surface area (Å²) in [6.45, 7) is 3.11. The first-order valence-electron chi connectivity index (χ1n) is 7.36. The Labute approximate surface area is 114 Å². The van der Waals surface area contributed by atoms with Gasteiger partial charge in [0.25, 0.3) is 0 Å². The highest BCUT2D eigenvalue weighted by Crippen LogP contribution is 2.27. The molecule has 1 fully saturated rings. The van der Waals surface area contributed by atoms with Crippen LogP contribution in [0.2, 0.25) is 0 Å². The van der Waals surface area contributed by atoms with Crippen LogP contribution in [0.15, 0.2) is 18.2 Å². The molecule has 0 heterocycles. The molecular weight excluding hydrogens is 244 g/mol. The third-order valence-corrected chi connectivity index (χ3v) is 4.05. The Morgan fingerprint density at radius 2 is 2.00 bits per heavy atom. The lowest BCUT2D eigenvalue weighted by atomic mass is 9.91. The van der Waals surface area contributed by atoms with E-state index in [4.69, 9.17) is 0 Å². The van der Waals surface area contributed by atoms with Crippen LogP contribution in [-0.2, 0) is 6.42 Å². The van der Waals surface area contributed by atoms with Crippen molar-refractivity contribution in [2.75, 3.05) is 6.54 Å². The van der Waals surface area contributed by atoms with E-state index in [9.17, 15) is 8.78 Å². The molecule has 2 atom stereocenters. The SMILES string of the molecule is CCNC1CCCCC(Cc2ccc(F)cc2F)C1. The first-order chi connectivity index (χ1) is 9.19. The van der Waals surface area contributed by atoms with Crippen LogP contribution in [-0.4, -0.2) is 12.6 Å². The average molecular weight is 267 g/mol. The van der Waals surface area contributed by atoms with Gasteiger partial charge in [-0.05, 0) is 43.4 Å². The topological polar surface area (TPSA) is 12.0 Å². The Hall–Kier alpha value is -0.960. The van der Waals surface area contributed by atoms with Crippen LogP contribution in [0.1, 0.15) is 44.6 Å². The van der Waals surface area contributed by atoms with E-state index < -0.39 is 11.6 Å². The Morgan fingerprint density at radius 1 is 1.21 bits per heavy atom. The summed E-state index contributed by atoms with van der Waals surface area (Å²) in [5.74, 6) is -0.386. The van der Waals surface area contributed by atoms with Crippen LogP contribution < -0.4 is 5.32 Å². The molecule has 0 aromatic heterocycles. The van der Waals surface area contributed by atoms with Crippen molar-refractivity contribution in [3.8, 4) is 0 Å². The number of rotatable bonds is 4. The summed E-state index contributed by atoms with van der Waals surface area (Å²) >= 11 is 0. The molecule has 1 aliphatic rings. The highest BCUT2D eigenvalue weighted by Gasteiger charge is 2.20. The predicted molar refractivity (Wildman–Crippen MR) is 74.1 cm³/mol. The lowest BCUT2D eigenvalue weighted by Crippen LogP contribution is -2.30. The third-order valence-electron chi connectivity index (χ3n) is 4.05. The van der Waals surface area contributed by atoms with Crippen LogP contribution in [0.5, 0.6) is 0 Å². The molecule has 0 aliphatic heterocycles. The van der Waals surface area contributed by atoms with Crippen LogP contribution >= 0.6 is 0 Å². The van der Waals surface area contributed by atoms with Gasteiger partial charge in [-0.1, -0.05) is 32.3 Å². The molecule has 0 bridgehead atoms. The van der Waals surface area contributed by atoms with Crippen molar-refractivity contribution in [1.29, 1.82) is 0 Å². The molecule has 1 saturated carbocycles. The van der Waals surface area contributed by atoms with Crippen molar-refractivity contribution in [1.82, 2.24) is 5.32 Å². The van der Waals surface area contributed by atoms with E-state index in [0.29, 0.717) is 17.5 Å². The lowest BCUT2D eigenvalue weighted by Gasteiger charge is -2.21. The Bertz CT molecular complexity index is 406. The summed E-state index contributed by atoms with van der Waals surface area (Å²) in [4.78, 5) is 0. The standard InChI is InChI=1S/C16H23F2N/c1-2-19-15-6-4-3-5-12(10-15)9-13-7-8-14(17)11-16(13)18/h7-8,11-12,15,19H,2-6,9-10H2,1H3. The average Bonchev–Trinajstić information content (AvgIpc) is 2.59. The molecule has 19 heavy (non-hydrogen) atoms. The van der Waals surface area contributed by atoms with Crippen molar-refractivity contribution in [2.45, 2.75) is 51.5 Å². The zero-order chi connectivity index (χ0) is 13.7. The van der Waals surface area contributed by atoms with Crippen molar-refractivity contribution >= 4 is 0 Å². The molecule has 1 N–H and O–H groups in total. The highest BCUT2D eigenvalue weighted by molar-refractivity contribution is 5.19. The number of benzene rings is 1. The maximum absolute atomic E-state index is 13.7. The van der Waals surface area contributed by atoms with Crippen LogP contribution in [0.3, 0.4) is 0 Å². The van der Waals surface area contributed by atoms with Crippen LogP contribution in [0.25, 0.3) is 0 Å². The van der Waals surface area contributed by atoms with Gasteiger partial charge in [-0.2, -0.15) is 0 Å². The van der Waals surface area contributed by atoms with Gasteiger partial charge < -0.3 is 5.32 Å². The van der Waals surface area contributed by atoms with Crippen molar-refractivity contribution in [3.05, 3.63) is 35.4 Å². The van der Waals surface area contributed by atoms with Gasteiger partial charge in [0.2, 0.25) is 0 Å². The summed E-state index contributed by atoms with van der Waals surface area (Å²) in [7, 11) is 0. The summed E-state index contributed by atoms with van der Waals surface area (Å²) in [6.07, 6.45) is 6.67. The predicted octanol–water partition coefficient (Wildman–Crippen LogP) is 4.07. The van der Waals surface area contributed by atoms with Crippen LogP contribution in [0, 0.1) is 17.6 Å². The normalized spacial score (nSPS) is 24.2. The quantitative estimate of drug-likeness (QED) is 0.811. The van der Waals surface area contributed by atoms with Crippen LogP contribution in [0.4, 0.5) is 8.78 Å². The van der Waals surface area contributed by atoms with Gasteiger partial charge in [0.1, 0.15) is 11.6 Å². The number of halogens is 2. The molecule has 0 spiro atoms. The van der Waals surface area contributed by atoms with Gasteiger partial charge in [-0.3, -0.25) is 0 Å². The van der Waals surface area contributed by atoms with Crippen molar-refractivity contribution in [3.63, 3.8) is 0 Å². The summed E-state index contributed by atoms with van der Waals surface area (Å²) in [5.41, 5.74) is 0.656. The van der Waals surface area contributed by atoms with Gasteiger partial charge in [0.15, 0.2) is 0 Å². The molecular formula is C16H23F2N. The van der Waals surface area contributed by atoms with E-state index in [1.54, 1.807) is 6.07 Å². The number of nitrogens with one attached hydrogen (secondary N) is 1. The molecule has 0 amide bonds. The zero-order valence-electron chi connectivity index (χ0n) is 11.6. The highest BCUT2D eigenvalue weighted by atomic mass is 19.1. The first-order valence-corrected chi connectivity index (χ1v) is 7.36. The van der Waals surface area contributed by atoms with Gasteiger partial charge >= 0.3 is 0 Å². The molecule has 0 saturated heterocycles. The minimum atomic E-state index is -0.493. The fraction of sp³-hybridized carbons (Fsp3) is 0.625.